The van der Waals surface area contributed by atoms with Crippen molar-refractivity contribution in [3.63, 3.8) is 0 Å². The van der Waals surface area contributed by atoms with Crippen LogP contribution in [0.25, 0.3) is 0 Å². The normalized spacial score (nSPS) is 41.0. The van der Waals surface area contributed by atoms with Gasteiger partial charge in [-0.1, -0.05) is 19.9 Å². The number of aliphatic hydroxyl groups is 3. The van der Waals surface area contributed by atoms with Gasteiger partial charge >= 0.3 is 5.97 Å². The van der Waals surface area contributed by atoms with E-state index in [1.807, 2.05) is 26.8 Å². The summed E-state index contributed by atoms with van der Waals surface area (Å²) in [5.41, 5.74) is -3.20. The molecule has 0 bridgehead atoms. The predicted octanol–water partition coefficient (Wildman–Crippen LogP) is 1.72. The van der Waals surface area contributed by atoms with Crippen LogP contribution in [0.15, 0.2) is 11.6 Å². The summed E-state index contributed by atoms with van der Waals surface area (Å²) in [6, 6.07) is 0. The van der Waals surface area contributed by atoms with E-state index < -0.39 is 70.6 Å². The van der Waals surface area contributed by atoms with Gasteiger partial charge in [0.05, 0.1) is 24.2 Å². The molecule has 182 valence electrons. The van der Waals surface area contributed by atoms with Crippen LogP contribution in [0.5, 0.6) is 0 Å². The van der Waals surface area contributed by atoms with Gasteiger partial charge in [0.15, 0.2) is 5.78 Å². The Morgan fingerprint density at radius 3 is 2.27 bits per heavy atom. The van der Waals surface area contributed by atoms with Gasteiger partial charge in [-0.2, -0.15) is 0 Å². The van der Waals surface area contributed by atoms with E-state index in [0.717, 1.165) is 5.57 Å². The van der Waals surface area contributed by atoms with Crippen LogP contribution >= 0.6 is 0 Å². The average Bonchev–Trinajstić information content (AvgIpc) is 2.64. The Bertz CT molecular complexity index is 789. The van der Waals surface area contributed by atoms with E-state index in [1.165, 1.54) is 20.8 Å². The fraction of sp³-hybridized carbons (Fsp3) is 0.826. The van der Waals surface area contributed by atoms with Crippen LogP contribution < -0.4 is 0 Å². The fourth-order valence-corrected chi connectivity index (χ4v) is 6.12. The molecule has 0 aromatic carbocycles. The second kappa shape index (κ2) is 11.5. The van der Waals surface area contributed by atoms with Crippen LogP contribution in [-0.2, 0) is 19.1 Å². The number of fused-ring (bicyclic) bond motifs is 1. The molecule has 1 heterocycles. The quantitative estimate of drug-likeness (QED) is 0.285. The second-order valence-corrected chi connectivity index (χ2v) is 10.4. The molecule has 9 atom stereocenters. The van der Waals surface area contributed by atoms with E-state index in [0.29, 0.717) is 0 Å². The third-order valence-corrected chi connectivity index (χ3v) is 7.83. The maximum atomic E-state index is 15.6. The monoisotopic (exact) mass is 896 g/mol. The number of aliphatic hydroxyl groups excluding tert-OH is 2. The number of Topliss-reactive ketones (excluding diaryl/α,β-unsaturated/α-hetero) is 1. The zero-order valence-electron chi connectivity index (χ0n) is 20.2. The molecule has 0 amide bonds. The number of ketones is 1. The number of carbonyl (C=O) groups excluding carboxylic acids is 2. The minimum absolute atomic E-state index is 0. The van der Waals surface area contributed by atoms with Gasteiger partial charge in [0.2, 0.25) is 0 Å². The molecule has 10 heteroatoms. The zero-order valence-corrected chi connectivity index (χ0v) is 29.7. The number of halogens is 1. The molecule has 1 saturated heterocycles. The van der Waals surface area contributed by atoms with Crippen LogP contribution in [-0.4, -0.2) is 69.9 Å². The maximum Gasteiger partial charge on any atom is 0.302 e. The van der Waals surface area contributed by atoms with Gasteiger partial charge in [-0.15, -0.1) is 0 Å². The van der Waals surface area contributed by atoms with Crippen molar-refractivity contribution >= 4 is 11.8 Å². The Kier molecular flexibility index (Phi) is 11.4. The molecule has 7 nitrogen and oxygen atoms in total. The van der Waals surface area contributed by atoms with Crippen molar-refractivity contribution in [3.05, 3.63) is 11.6 Å². The van der Waals surface area contributed by atoms with Crippen molar-refractivity contribution < 1.29 is 127 Å². The third kappa shape index (κ3) is 5.69. The van der Waals surface area contributed by atoms with Gasteiger partial charge < -0.3 is 24.8 Å². The third-order valence-electron chi connectivity index (χ3n) is 7.83. The molecule has 3 unspecified atom stereocenters. The van der Waals surface area contributed by atoms with Crippen LogP contribution in [0.1, 0.15) is 54.4 Å². The maximum absolute atomic E-state index is 15.6. The number of carbonyl (C=O) groups is 2. The minimum Gasteiger partial charge on any atom is -0.462 e. The summed E-state index contributed by atoms with van der Waals surface area (Å²) in [5, 5.41) is 32.2. The van der Waals surface area contributed by atoms with Gasteiger partial charge in [0.25, 0.3) is 0 Å². The average molecular weight is 897 g/mol. The number of alkyl halides is 1. The summed E-state index contributed by atoms with van der Waals surface area (Å²) in [6.07, 6.45) is -3.95. The topological polar surface area (TPSA) is 113 Å². The molecule has 0 spiro atoms. The molecule has 3 rings (SSSR count). The molecule has 1 aliphatic heterocycles. The van der Waals surface area contributed by atoms with Crippen LogP contribution in [0.2, 0.25) is 0 Å². The molecule has 0 aromatic rings. The van der Waals surface area contributed by atoms with Crippen LogP contribution in [0.4, 0.5) is 4.39 Å². The number of hydrogen-bond acceptors (Lipinski definition) is 7. The molecule has 2 fully saturated rings. The smallest absolute Gasteiger partial charge is 0.302 e. The molecule has 0 aromatic heterocycles. The van der Waals surface area contributed by atoms with E-state index >= 15 is 4.39 Å². The summed E-state index contributed by atoms with van der Waals surface area (Å²) in [4.78, 5) is 25.3. The van der Waals surface area contributed by atoms with Crippen molar-refractivity contribution in [2.45, 2.75) is 90.6 Å². The molecular weight excluding hydrogens is 861 g/mol. The van der Waals surface area contributed by atoms with E-state index in [4.69, 9.17) is 9.47 Å². The molecule has 1 saturated carbocycles. The van der Waals surface area contributed by atoms with Crippen molar-refractivity contribution in [1.29, 1.82) is 0 Å². The number of hydrogen-bond donors (Lipinski definition) is 3. The Morgan fingerprint density at radius 2 is 1.82 bits per heavy atom. The van der Waals surface area contributed by atoms with Crippen LogP contribution in [0.3, 0.4) is 0 Å². The fourth-order valence-electron chi connectivity index (χ4n) is 6.12. The molecule has 33 heavy (non-hydrogen) atoms. The number of esters is 1. The number of rotatable bonds is 5. The SMILES string of the molecule is CC(=O)O[C@H](C1C[C@H](O)C(C)=CC1(C)C)C1[C@](C)(C(=O)[C@@H](C)O)C(F)C[C@H]2OC[C@@]12O.[Ac].[Ac]. The summed E-state index contributed by atoms with van der Waals surface area (Å²) in [6.45, 7) is 9.42. The van der Waals surface area contributed by atoms with E-state index in [9.17, 15) is 24.9 Å². The number of allylic oxidation sites excluding steroid dienone is 1. The van der Waals surface area contributed by atoms with E-state index in [1.54, 1.807) is 0 Å². The first-order valence-electron chi connectivity index (χ1n) is 10.9. The molecule has 3 aliphatic rings. The Labute approximate surface area is 266 Å². The van der Waals surface area contributed by atoms with Gasteiger partial charge in [-0.3, -0.25) is 9.59 Å². The van der Waals surface area contributed by atoms with Gasteiger partial charge in [0, 0.05) is 113 Å². The molecule has 2 radical (unpaired) electrons. The van der Waals surface area contributed by atoms with E-state index in [-0.39, 0.29) is 108 Å². The van der Waals surface area contributed by atoms with Gasteiger partial charge in [-0.25, -0.2) is 4.39 Å². The summed E-state index contributed by atoms with van der Waals surface area (Å²) >= 11 is 0. The first-order valence-corrected chi connectivity index (χ1v) is 10.9. The Balaban J connectivity index is 0.00000272. The minimum atomic E-state index is -1.81. The molecular formula is C23H35Ac2FO7. The summed E-state index contributed by atoms with van der Waals surface area (Å²) < 4.78 is 26.8. The number of ether oxygens (including phenoxy) is 2. The summed E-state index contributed by atoms with van der Waals surface area (Å²) in [5.74, 6) is -3.04. The van der Waals surface area contributed by atoms with Crippen molar-refractivity contribution in [2.24, 2.45) is 22.7 Å². The second-order valence-electron chi connectivity index (χ2n) is 10.4. The molecule has 3 N–H and O–H groups in total. The first-order chi connectivity index (χ1) is 14.2. The standard InChI is InChI=1S/C23H35FO7.2Ac/c1-11-9-21(4,5)14(7-15(11)27)18(31-13(3)26)19-22(6,20(28)12(2)25)16(24)8-17-23(19,29)10-30-17;;/h9,12,14-19,25,27,29H,7-8,10H2,1-6H3;;/t12-,14?,15+,16?,17-,18-,19?,22-,23+;;/m1../s1. The Hall–Kier alpha value is 1.53. The largest absolute Gasteiger partial charge is 0.462 e. The summed E-state index contributed by atoms with van der Waals surface area (Å²) in [7, 11) is 0. The van der Waals surface area contributed by atoms with Crippen molar-refractivity contribution in [2.75, 3.05) is 6.61 Å². The predicted molar refractivity (Wildman–Crippen MR) is 110 cm³/mol. The van der Waals surface area contributed by atoms with Gasteiger partial charge in [-0.05, 0) is 38.2 Å². The van der Waals surface area contributed by atoms with Crippen molar-refractivity contribution in [3.8, 4) is 0 Å². The first kappa shape index (κ1) is 32.6. The van der Waals surface area contributed by atoms with Crippen LogP contribution in [0, 0.1) is 111 Å². The molecule has 2 aliphatic carbocycles. The van der Waals surface area contributed by atoms with Gasteiger partial charge in [0.1, 0.15) is 24.0 Å². The zero-order chi connectivity index (χ0) is 23.5. The van der Waals surface area contributed by atoms with E-state index in [2.05, 4.69) is 0 Å². The Morgan fingerprint density at radius 1 is 1.24 bits per heavy atom. The van der Waals surface area contributed by atoms with Crippen molar-refractivity contribution in [1.82, 2.24) is 0 Å².